The van der Waals surface area contributed by atoms with E-state index in [-0.39, 0.29) is 0 Å². The summed E-state index contributed by atoms with van der Waals surface area (Å²) in [4.78, 5) is 0. The molecule has 24 heavy (non-hydrogen) atoms. The molecule has 4 rings (SSSR count). The molecule has 1 aliphatic rings. The van der Waals surface area contributed by atoms with Crippen LogP contribution in [-0.4, -0.2) is 17.3 Å². The van der Waals surface area contributed by atoms with E-state index in [9.17, 15) is 0 Å². The van der Waals surface area contributed by atoms with Gasteiger partial charge in [-0.25, -0.2) is 0 Å². The third-order valence-electron chi connectivity index (χ3n) is 4.43. The van der Waals surface area contributed by atoms with Crippen LogP contribution in [-0.2, 0) is 0 Å². The molecule has 1 saturated carbocycles. The molecule has 0 spiro atoms. The average molecular weight is 379 g/mol. The van der Waals surface area contributed by atoms with Gasteiger partial charge in [-0.15, -0.1) is 10.2 Å². The first-order valence-corrected chi connectivity index (χ1v) is 9.25. The van der Waals surface area contributed by atoms with Crippen molar-refractivity contribution in [2.45, 2.75) is 32.6 Å². The minimum absolute atomic E-state index is 0.478. The number of methoxy groups -OCH3 is 1. The number of rotatable bonds is 3. The van der Waals surface area contributed by atoms with Crippen LogP contribution in [0.1, 0.15) is 34.9 Å². The molecule has 4 nitrogen and oxygen atoms in total. The fourth-order valence-corrected chi connectivity index (χ4v) is 4.40. The normalized spacial score (nSPS) is 14.3. The summed E-state index contributed by atoms with van der Waals surface area (Å²) >= 11 is 13.5. The first kappa shape index (κ1) is 16.0. The number of aromatic nitrogens is 2. The molecule has 0 saturated heterocycles. The van der Waals surface area contributed by atoms with Crippen LogP contribution < -0.4 is 4.74 Å². The molecule has 0 unspecified atom stereocenters. The third kappa shape index (κ3) is 2.44. The Bertz CT molecular complexity index is 1020. The van der Waals surface area contributed by atoms with Crippen LogP contribution in [0.15, 0.2) is 10.5 Å². The summed E-state index contributed by atoms with van der Waals surface area (Å²) in [7, 11) is 1.61. The average Bonchev–Trinajstić information content (AvgIpc) is 3.31. The number of nitrogens with zero attached hydrogens (tertiary/aromatic N) is 2. The summed E-state index contributed by atoms with van der Waals surface area (Å²) < 4.78 is 11.9. The van der Waals surface area contributed by atoms with Crippen molar-refractivity contribution in [3.05, 3.63) is 31.9 Å². The van der Waals surface area contributed by atoms with Crippen molar-refractivity contribution in [2.75, 3.05) is 7.11 Å². The Kier molecular flexibility index (Phi) is 3.86. The first-order valence-electron chi connectivity index (χ1n) is 7.65. The Labute approximate surface area is 153 Å². The van der Waals surface area contributed by atoms with Crippen LogP contribution in [0.2, 0.25) is 5.02 Å². The van der Waals surface area contributed by atoms with Gasteiger partial charge in [0.2, 0.25) is 0 Å². The lowest BCUT2D eigenvalue weighted by molar-refractivity contribution is 0.419. The predicted molar refractivity (Wildman–Crippen MR) is 99.0 cm³/mol. The van der Waals surface area contributed by atoms with E-state index in [0.29, 0.717) is 27.0 Å². The quantitative estimate of drug-likeness (QED) is 0.536. The highest BCUT2D eigenvalue weighted by Gasteiger charge is 2.28. The van der Waals surface area contributed by atoms with E-state index in [0.717, 1.165) is 32.1 Å². The summed E-state index contributed by atoms with van der Waals surface area (Å²) in [6.45, 7) is 3.94. The molecule has 0 amide bonds. The molecular weight excluding hydrogens is 364 g/mol. The summed E-state index contributed by atoms with van der Waals surface area (Å²) in [5.41, 5.74) is 3.36. The second-order valence-corrected chi connectivity index (χ2v) is 7.76. The van der Waals surface area contributed by atoms with Crippen molar-refractivity contribution in [1.82, 2.24) is 10.2 Å². The van der Waals surface area contributed by atoms with E-state index in [2.05, 4.69) is 10.2 Å². The molecule has 0 radical (unpaired) electrons. The number of hydrogen-bond donors (Lipinski definition) is 0. The number of fused-ring (bicyclic) bond motifs is 1. The Morgan fingerprint density at radius 2 is 2.04 bits per heavy atom. The number of aryl methyl sites for hydroxylation is 1. The summed E-state index contributed by atoms with van der Waals surface area (Å²) in [5, 5.41) is 11.8. The van der Waals surface area contributed by atoms with Crippen LogP contribution >= 0.6 is 35.2 Å². The van der Waals surface area contributed by atoms with Gasteiger partial charge in [-0.3, -0.25) is 0 Å². The first-order chi connectivity index (χ1) is 11.5. The van der Waals surface area contributed by atoms with Crippen LogP contribution in [0.3, 0.4) is 0 Å². The smallest absolute Gasteiger partial charge is 0.193 e. The lowest BCUT2D eigenvalue weighted by Crippen LogP contribution is -1.94. The monoisotopic (exact) mass is 378 g/mol. The van der Waals surface area contributed by atoms with Gasteiger partial charge in [0, 0.05) is 17.0 Å². The van der Waals surface area contributed by atoms with Crippen molar-refractivity contribution in [1.29, 1.82) is 0 Å². The van der Waals surface area contributed by atoms with Crippen molar-refractivity contribution < 1.29 is 9.15 Å². The van der Waals surface area contributed by atoms with Gasteiger partial charge in [0.15, 0.2) is 4.71 Å². The van der Waals surface area contributed by atoms with Crippen molar-refractivity contribution in [3.8, 4) is 16.3 Å². The lowest BCUT2D eigenvalue weighted by Gasteiger charge is -2.13. The fourth-order valence-electron chi connectivity index (χ4n) is 2.75. The van der Waals surface area contributed by atoms with Gasteiger partial charge < -0.3 is 9.15 Å². The largest absolute Gasteiger partial charge is 0.494 e. The van der Waals surface area contributed by atoms with Gasteiger partial charge in [0.05, 0.1) is 17.5 Å². The van der Waals surface area contributed by atoms with Crippen molar-refractivity contribution in [2.24, 2.45) is 0 Å². The second-order valence-electron chi connectivity index (χ2n) is 6.00. The van der Waals surface area contributed by atoms with E-state index >= 15 is 0 Å². The highest BCUT2D eigenvalue weighted by Crippen LogP contribution is 2.47. The molecule has 0 N–H and O–H groups in total. The Hall–Kier alpha value is -1.50. The van der Waals surface area contributed by atoms with Gasteiger partial charge in [0.25, 0.3) is 0 Å². The SMILES string of the molecule is COc1c(Cl)c(-c2nnc(C3CC3)s2)cc2oc(=S)c(C)c(C)c12. The molecule has 0 bridgehead atoms. The van der Waals surface area contributed by atoms with E-state index < -0.39 is 0 Å². The summed E-state index contributed by atoms with van der Waals surface area (Å²) in [6, 6.07) is 1.89. The van der Waals surface area contributed by atoms with Gasteiger partial charge in [-0.2, -0.15) is 0 Å². The molecule has 124 valence electrons. The molecule has 2 aromatic heterocycles. The zero-order valence-corrected chi connectivity index (χ0v) is 15.9. The molecule has 3 aromatic rings. The molecule has 1 aliphatic carbocycles. The second kappa shape index (κ2) is 5.79. The molecule has 0 atom stereocenters. The van der Waals surface area contributed by atoms with E-state index in [4.69, 9.17) is 33.0 Å². The maximum absolute atomic E-state index is 6.64. The van der Waals surface area contributed by atoms with Crippen molar-refractivity contribution in [3.63, 3.8) is 0 Å². The molecule has 1 fully saturated rings. The highest BCUT2D eigenvalue weighted by molar-refractivity contribution is 7.71. The van der Waals surface area contributed by atoms with E-state index in [1.165, 1.54) is 12.8 Å². The van der Waals surface area contributed by atoms with Crippen LogP contribution in [0.25, 0.3) is 21.5 Å². The summed E-state index contributed by atoms with van der Waals surface area (Å²) in [5.74, 6) is 1.15. The van der Waals surface area contributed by atoms with Crippen LogP contribution in [0, 0.1) is 18.6 Å². The maximum atomic E-state index is 6.64. The predicted octanol–water partition coefficient (Wildman–Crippen LogP) is 5.84. The van der Waals surface area contributed by atoms with Gasteiger partial charge in [-0.1, -0.05) is 22.9 Å². The Morgan fingerprint density at radius 1 is 1.29 bits per heavy atom. The Morgan fingerprint density at radius 3 is 2.71 bits per heavy atom. The highest BCUT2D eigenvalue weighted by atomic mass is 35.5. The third-order valence-corrected chi connectivity index (χ3v) is 6.32. The molecule has 0 aliphatic heterocycles. The fraction of sp³-hybridized carbons (Fsp3) is 0.353. The number of benzene rings is 1. The standard InChI is InChI=1S/C17H15ClN2O2S2/c1-7-8(2)17(23)22-11-6-10(13(18)14(21-3)12(7)11)16-20-19-15(24-16)9-4-5-9/h6,9H,4-5H2,1-3H3. The molecule has 2 heterocycles. The molecule has 1 aromatic carbocycles. The minimum Gasteiger partial charge on any atom is -0.494 e. The van der Waals surface area contributed by atoms with Crippen LogP contribution in [0.5, 0.6) is 5.75 Å². The van der Waals surface area contributed by atoms with Crippen molar-refractivity contribution >= 4 is 46.1 Å². The maximum Gasteiger partial charge on any atom is 0.193 e. The molecule has 7 heteroatoms. The lowest BCUT2D eigenvalue weighted by atomic mass is 10.0. The minimum atomic E-state index is 0.478. The van der Waals surface area contributed by atoms with E-state index in [1.807, 2.05) is 19.9 Å². The van der Waals surface area contributed by atoms with Gasteiger partial charge in [-0.05, 0) is 50.5 Å². The zero-order chi connectivity index (χ0) is 17.0. The topological polar surface area (TPSA) is 48.2 Å². The Balaban J connectivity index is 2.00. The number of ether oxygens (including phenoxy) is 1. The van der Waals surface area contributed by atoms with E-state index in [1.54, 1.807) is 18.4 Å². The van der Waals surface area contributed by atoms with Crippen LogP contribution in [0.4, 0.5) is 0 Å². The van der Waals surface area contributed by atoms with Gasteiger partial charge >= 0.3 is 0 Å². The summed E-state index contributed by atoms with van der Waals surface area (Å²) in [6.07, 6.45) is 2.38. The number of halogens is 1. The zero-order valence-electron chi connectivity index (χ0n) is 13.5. The van der Waals surface area contributed by atoms with Gasteiger partial charge in [0.1, 0.15) is 21.3 Å². The molecular formula is C17H15ClN2O2S2. The number of hydrogen-bond acceptors (Lipinski definition) is 6.